The lowest BCUT2D eigenvalue weighted by Gasteiger charge is -2.24. The van der Waals surface area contributed by atoms with Crippen molar-refractivity contribution >= 4 is 27.5 Å². The van der Waals surface area contributed by atoms with E-state index in [2.05, 4.69) is 33.8 Å². The van der Waals surface area contributed by atoms with Gasteiger partial charge in [-0.1, -0.05) is 19.8 Å². The van der Waals surface area contributed by atoms with Gasteiger partial charge in [-0.3, -0.25) is 5.41 Å². The van der Waals surface area contributed by atoms with Gasteiger partial charge in [0, 0.05) is 23.1 Å². The van der Waals surface area contributed by atoms with Crippen molar-refractivity contribution in [3.05, 3.63) is 28.2 Å². The number of hydrogen-bond acceptors (Lipinski definition) is 2. The number of rotatable bonds is 4. The Morgan fingerprint density at radius 2 is 2.20 bits per heavy atom. The van der Waals surface area contributed by atoms with Gasteiger partial charge in [-0.15, -0.1) is 0 Å². The highest BCUT2D eigenvalue weighted by Gasteiger charge is 2.18. The van der Waals surface area contributed by atoms with E-state index < -0.39 is 0 Å². The molecule has 1 aliphatic rings. The first-order chi connectivity index (χ1) is 9.61. The first-order valence-electron chi connectivity index (χ1n) is 7.50. The Morgan fingerprint density at radius 1 is 1.40 bits per heavy atom. The molecule has 3 nitrogen and oxygen atoms in total. The van der Waals surface area contributed by atoms with Crippen LogP contribution in [0.4, 0.5) is 5.69 Å². The van der Waals surface area contributed by atoms with Crippen LogP contribution in [0.15, 0.2) is 22.7 Å². The highest BCUT2D eigenvalue weighted by molar-refractivity contribution is 9.10. The second-order valence-electron chi connectivity index (χ2n) is 5.65. The van der Waals surface area contributed by atoms with Crippen LogP contribution in [0.2, 0.25) is 0 Å². The number of hydrogen-bond donors (Lipinski definition) is 2. The maximum absolute atomic E-state index is 7.50. The molecule has 0 spiro atoms. The maximum atomic E-state index is 7.50. The van der Waals surface area contributed by atoms with Crippen molar-refractivity contribution in [2.75, 3.05) is 18.0 Å². The van der Waals surface area contributed by atoms with Gasteiger partial charge in [-0.05, 0) is 59.3 Å². The van der Waals surface area contributed by atoms with Crippen molar-refractivity contribution in [3.63, 3.8) is 0 Å². The average molecular weight is 338 g/mol. The molecule has 0 radical (unpaired) electrons. The van der Waals surface area contributed by atoms with Crippen LogP contribution in [0.3, 0.4) is 0 Å². The molecule has 1 heterocycles. The monoisotopic (exact) mass is 337 g/mol. The number of halogens is 1. The van der Waals surface area contributed by atoms with E-state index in [-0.39, 0.29) is 5.84 Å². The normalized spacial score (nSPS) is 19.7. The standard InChI is InChI=1S/C16H24BrN3/c1-2-4-12-5-3-9-20(10-8-12)15-7-6-13(16(18)19)11-14(15)17/h6-7,11-12H,2-5,8-10H2,1H3,(H3,18,19). The van der Waals surface area contributed by atoms with Crippen LogP contribution < -0.4 is 10.6 Å². The van der Waals surface area contributed by atoms with Crippen molar-refractivity contribution in [2.24, 2.45) is 11.7 Å². The van der Waals surface area contributed by atoms with Gasteiger partial charge in [0.2, 0.25) is 0 Å². The van der Waals surface area contributed by atoms with E-state index in [9.17, 15) is 0 Å². The number of nitrogen functional groups attached to an aromatic ring is 1. The molecule has 1 fully saturated rings. The van der Waals surface area contributed by atoms with Crippen LogP contribution in [0.25, 0.3) is 0 Å². The predicted molar refractivity (Wildman–Crippen MR) is 89.6 cm³/mol. The summed E-state index contributed by atoms with van der Waals surface area (Å²) in [6.45, 7) is 4.53. The smallest absolute Gasteiger partial charge is 0.122 e. The molecule has 1 aliphatic heterocycles. The Hall–Kier alpha value is -1.03. The molecule has 1 aromatic rings. The zero-order valence-corrected chi connectivity index (χ0v) is 13.7. The molecule has 0 saturated carbocycles. The van der Waals surface area contributed by atoms with Crippen LogP contribution in [0.1, 0.15) is 44.6 Å². The van der Waals surface area contributed by atoms with Crippen LogP contribution in [-0.2, 0) is 0 Å². The second kappa shape index (κ2) is 7.11. The molecule has 0 amide bonds. The summed E-state index contributed by atoms with van der Waals surface area (Å²) in [5.74, 6) is 1.01. The molecule has 1 unspecified atom stereocenters. The first-order valence-corrected chi connectivity index (χ1v) is 8.30. The van der Waals surface area contributed by atoms with Gasteiger partial charge >= 0.3 is 0 Å². The molecule has 3 N–H and O–H groups in total. The highest BCUT2D eigenvalue weighted by atomic mass is 79.9. The van der Waals surface area contributed by atoms with Crippen molar-refractivity contribution in [2.45, 2.75) is 39.0 Å². The largest absolute Gasteiger partial charge is 0.384 e. The van der Waals surface area contributed by atoms with E-state index in [1.807, 2.05) is 12.1 Å². The fourth-order valence-corrected chi connectivity index (χ4v) is 3.66. The summed E-state index contributed by atoms with van der Waals surface area (Å²) in [7, 11) is 0. The third kappa shape index (κ3) is 3.75. The molecule has 0 aromatic heterocycles. The summed E-state index contributed by atoms with van der Waals surface area (Å²) < 4.78 is 1.04. The van der Waals surface area contributed by atoms with E-state index in [1.165, 1.54) is 37.8 Å². The second-order valence-corrected chi connectivity index (χ2v) is 6.51. The van der Waals surface area contributed by atoms with Crippen LogP contribution in [0.5, 0.6) is 0 Å². The summed E-state index contributed by atoms with van der Waals surface area (Å²) in [4.78, 5) is 2.46. The van der Waals surface area contributed by atoms with Gasteiger partial charge in [0.25, 0.3) is 0 Å². The lowest BCUT2D eigenvalue weighted by Crippen LogP contribution is -2.24. The molecule has 2 rings (SSSR count). The zero-order valence-electron chi connectivity index (χ0n) is 12.2. The minimum absolute atomic E-state index is 0.121. The molecule has 0 aliphatic carbocycles. The van der Waals surface area contributed by atoms with E-state index in [1.54, 1.807) is 0 Å². The average Bonchev–Trinajstić information content (AvgIpc) is 2.65. The number of nitrogens with zero attached hydrogens (tertiary/aromatic N) is 1. The molecule has 1 atom stereocenters. The van der Waals surface area contributed by atoms with Gasteiger partial charge in [0.05, 0.1) is 5.69 Å². The molecular weight excluding hydrogens is 314 g/mol. The first kappa shape index (κ1) is 15.4. The van der Waals surface area contributed by atoms with E-state index in [0.29, 0.717) is 0 Å². The number of nitrogens with one attached hydrogen (secondary N) is 1. The topological polar surface area (TPSA) is 53.1 Å². The quantitative estimate of drug-likeness (QED) is 0.640. The van der Waals surface area contributed by atoms with Crippen molar-refractivity contribution in [3.8, 4) is 0 Å². The Morgan fingerprint density at radius 3 is 2.85 bits per heavy atom. The van der Waals surface area contributed by atoms with Crippen molar-refractivity contribution in [1.29, 1.82) is 5.41 Å². The number of amidine groups is 1. The van der Waals surface area contributed by atoms with E-state index in [0.717, 1.165) is 29.0 Å². The third-order valence-corrected chi connectivity index (χ3v) is 4.78. The van der Waals surface area contributed by atoms with Gasteiger partial charge in [0.15, 0.2) is 0 Å². The SMILES string of the molecule is CCCC1CCCN(c2ccc(C(=N)N)cc2Br)CC1. The minimum Gasteiger partial charge on any atom is -0.384 e. The van der Waals surface area contributed by atoms with Crippen LogP contribution >= 0.6 is 15.9 Å². The molecule has 0 bridgehead atoms. The summed E-state index contributed by atoms with van der Waals surface area (Å²) in [5.41, 5.74) is 7.54. The third-order valence-electron chi connectivity index (χ3n) is 4.14. The minimum atomic E-state index is 0.121. The zero-order chi connectivity index (χ0) is 14.5. The van der Waals surface area contributed by atoms with Gasteiger partial charge in [0.1, 0.15) is 5.84 Å². The Kier molecular flexibility index (Phi) is 5.46. The highest BCUT2D eigenvalue weighted by Crippen LogP contribution is 2.31. The lowest BCUT2D eigenvalue weighted by molar-refractivity contribution is 0.435. The Bertz CT molecular complexity index is 473. The summed E-state index contributed by atoms with van der Waals surface area (Å²) in [6, 6.07) is 5.98. The summed E-state index contributed by atoms with van der Waals surface area (Å²) in [5, 5.41) is 7.50. The summed E-state index contributed by atoms with van der Waals surface area (Å²) >= 11 is 3.63. The molecule has 1 aromatic carbocycles. The lowest BCUT2D eigenvalue weighted by atomic mass is 9.96. The fraction of sp³-hybridized carbons (Fsp3) is 0.562. The predicted octanol–water partition coefficient (Wildman–Crippen LogP) is 4.14. The van der Waals surface area contributed by atoms with Gasteiger partial charge < -0.3 is 10.6 Å². The molecule has 4 heteroatoms. The van der Waals surface area contributed by atoms with Crippen molar-refractivity contribution < 1.29 is 0 Å². The summed E-state index contributed by atoms with van der Waals surface area (Å²) in [6.07, 6.45) is 6.56. The molecular formula is C16H24BrN3. The fourth-order valence-electron chi connectivity index (χ4n) is 3.03. The number of anilines is 1. The van der Waals surface area contributed by atoms with Crippen LogP contribution in [0, 0.1) is 11.3 Å². The molecule has 20 heavy (non-hydrogen) atoms. The van der Waals surface area contributed by atoms with Crippen LogP contribution in [-0.4, -0.2) is 18.9 Å². The Balaban J connectivity index is 2.09. The van der Waals surface area contributed by atoms with Gasteiger partial charge in [-0.25, -0.2) is 0 Å². The number of nitrogens with two attached hydrogens (primary N) is 1. The van der Waals surface area contributed by atoms with Gasteiger partial charge in [-0.2, -0.15) is 0 Å². The van der Waals surface area contributed by atoms with Crippen molar-refractivity contribution in [1.82, 2.24) is 0 Å². The maximum Gasteiger partial charge on any atom is 0.122 e. The van der Waals surface area contributed by atoms with E-state index >= 15 is 0 Å². The molecule has 110 valence electrons. The molecule has 1 saturated heterocycles. The number of benzene rings is 1. The van der Waals surface area contributed by atoms with E-state index in [4.69, 9.17) is 11.1 Å². The Labute approximate surface area is 130 Å².